The van der Waals surface area contributed by atoms with Gasteiger partial charge in [0, 0.05) is 6.42 Å². The van der Waals surface area contributed by atoms with Gasteiger partial charge in [-0.3, -0.25) is 4.79 Å². The van der Waals surface area contributed by atoms with E-state index in [1.54, 1.807) is 7.11 Å². The normalized spacial score (nSPS) is 21.6. The van der Waals surface area contributed by atoms with E-state index in [0.717, 1.165) is 17.7 Å². The quantitative estimate of drug-likeness (QED) is 0.788. The molecule has 1 aromatic rings. The van der Waals surface area contributed by atoms with Gasteiger partial charge in [-0.05, 0) is 24.1 Å². The summed E-state index contributed by atoms with van der Waals surface area (Å²) in [6, 6.07) is 7.81. The third kappa shape index (κ3) is 3.28. The topological polar surface area (TPSA) is 35.5 Å². The lowest BCUT2D eigenvalue weighted by Crippen LogP contribution is -2.37. The number of carbonyl (C=O) groups is 1. The summed E-state index contributed by atoms with van der Waals surface area (Å²) in [6.45, 7) is 4.46. The maximum Gasteiger partial charge on any atom is 0.144 e. The maximum atomic E-state index is 12.1. The van der Waals surface area contributed by atoms with Gasteiger partial charge in [-0.25, -0.2) is 0 Å². The number of allylic oxidation sites excluding steroid dienone is 1. The van der Waals surface area contributed by atoms with Gasteiger partial charge in [0.25, 0.3) is 0 Å². The molecular weight excluding hydrogens is 252 g/mol. The smallest absolute Gasteiger partial charge is 0.144 e. The summed E-state index contributed by atoms with van der Waals surface area (Å²) in [5.74, 6) is 1.08. The van der Waals surface area contributed by atoms with E-state index in [9.17, 15) is 4.79 Å². The number of benzene rings is 1. The molecule has 0 aromatic heterocycles. The minimum Gasteiger partial charge on any atom is -0.497 e. The largest absolute Gasteiger partial charge is 0.497 e. The first-order chi connectivity index (χ1) is 9.54. The highest BCUT2D eigenvalue weighted by Crippen LogP contribution is 2.32. The average molecular weight is 274 g/mol. The van der Waals surface area contributed by atoms with Crippen molar-refractivity contribution in [2.24, 2.45) is 5.41 Å². The molecular formula is C17H22O3. The van der Waals surface area contributed by atoms with Gasteiger partial charge >= 0.3 is 0 Å². The first-order valence-corrected chi connectivity index (χ1v) is 6.97. The van der Waals surface area contributed by atoms with Crippen molar-refractivity contribution in [3.05, 3.63) is 42.0 Å². The first-order valence-electron chi connectivity index (χ1n) is 6.97. The highest BCUT2D eigenvalue weighted by atomic mass is 16.5. The lowest BCUT2D eigenvalue weighted by Gasteiger charge is -2.31. The fraction of sp³-hybridized carbons (Fsp3) is 0.471. The Morgan fingerprint density at radius 2 is 1.90 bits per heavy atom. The number of ketones is 1. The zero-order valence-corrected chi connectivity index (χ0v) is 12.4. The molecule has 0 saturated heterocycles. The first kappa shape index (κ1) is 14.8. The number of Topliss-reactive ketones (excluding diaryl/α,β-unsaturated/α-hetero) is 1. The SMILES string of the molecule is COc1ccc(COC2CC=CCC(=O)C2(C)C)cc1. The molecule has 0 radical (unpaired) electrons. The van der Waals surface area contributed by atoms with Crippen LogP contribution in [-0.4, -0.2) is 19.0 Å². The molecule has 0 aliphatic heterocycles. The molecule has 1 atom stereocenters. The lowest BCUT2D eigenvalue weighted by molar-refractivity contribution is -0.135. The zero-order valence-electron chi connectivity index (χ0n) is 12.4. The van der Waals surface area contributed by atoms with Crippen LogP contribution < -0.4 is 4.74 Å². The molecule has 0 N–H and O–H groups in total. The van der Waals surface area contributed by atoms with Crippen molar-refractivity contribution in [1.82, 2.24) is 0 Å². The number of methoxy groups -OCH3 is 1. The van der Waals surface area contributed by atoms with Crippen LogP contribution >= 0.6 is 0 Å². The Morgan fingerprint density at radius 1 is 1.20 bits per heavy atom. The van der Waals surface area contributed by atoms with E-state index in [0.29, 0.717) is 13.0 Å². The molecule has 3 nitrogen and oxygen atoms in total. The van der Waals surface area contributed by atoms with Crippen molar-refractivity contribution < 1.29 is 14.3 Å². The highest BCUT2D eigenvalue weighted by Gasteiger charge is 2.37. The van der Waals surface area contributed by atoms with E-state index in [1.165, 1.54) is 0 Å². The Hall–Kier alpha value is -1.61. The number of hydrogen-bond donors (Lipinski definition) is 0. The van der Waals surface area contributed by atoms with Gasteiger partial charge in [-0.2, -0.15) is 0 Å². The minimum absolute atomic E-state index is 0.0733. The second kappa shape index (κ2) is 6.23. The van der Waals surface area contributed by atoms with Crippen LogP contribution in [0.4, 0.5) is 0 Å². The Kier molecular flexibility index (Phi) is 4.61. The fourth-order valence-electron chi connectivity index (χ4n) is 2.34. The van der Waals surface area contributed by atoms with Crippen molar-refractivity contribution in [3.63, 3.8) is 0 Å². The predicted octanol–water partition coefficient (Wildman–Crippen LogP) is 3.53. The molecule has 20 heavy (non-hydrogen) atoms. The van der Waals surface area contributed by atoms with E-state index < -0.39 is 5.41 Å². The number of rotatable bonds is 4. The van der Waals surface area contributed by atoms with Crippen LogP contribution in [0.3, 0.4) is 0 Å². The van der Waals surface area contributed by atoms with Crippen molar-refractivity contribution in [2.75, 3.05) is 7.11 Å². The summed E-state index contributed by atoms with van der Waals surface area (Å²) in [7, 11) is 1.65. The molecule has 0 bridgehead atoms. The van der Waals surface area contributed by atoms with E-state index >= 15 is 0 Å². The van der Waals surface area contributed by atoms with E-state index in [4.69, 9.17) is 9.47 Å². The van der Waals surface area contributed by atoms with Crippen LogP contribution in [0.1, 0.15) is 32.3 Å². The summed E-state index contributed by atoms with van der Waals surface area (Å²) in [5.41, 5.74) is 0.651. The van der Waals surface area contributed by atoms with Crippen LogP contribution in [-0.2, 0) is 16.1 Å². The molecule has 1 aromatic carbocycles. The number of carbonyl (C=O) groups excluding carboxylic acids is 1. The number of hydrogen-bond acceptors (Lipinski definition) is 3. The average Bonchev–Trinajstić information content (AvgIpc) is 2.57. The van der Waals surface area contributed by atoms with Gasteiger partial charge < -0.3 is 9.47 Å². The van der Waals surface area contributed by atoms with Gasteiger partial charge in [0.2, 0.25) is 0 Å². The molecule has 0 heterocycles. The molecule has 1 aliphatic rings. The standard InChI is InChI=1S/C17H22O3/c1-17(2)15(18)6-4-5-7-16(17)20-12-13-8-10-14(19-3)11-9-13/h4-5,8-11,16H,6-7,12H2,1-3H3. The Bertz CT molecular complexity index is 485. The van der Waals surface area contributed by atoms with Gasteiger partial charge in [0.1, 0.15) is 11.5 Å². The van der Waals surface area contributed by atoms with E-state index in [1.807, 2.05) is 50.3 Å². The maximum absolute atomic E-state index is 12.1. The third-order valence-electron chi connectivity index (χ3n) is 3.95. The zero-order chi connectivity index (χ0) is 14.6. The second-order valence-corrected chi connectivity index (χ2v) is 5.70. The summed E-state index contributed by atoms with van der Waals surface area (Å²) in [5, 5.41) is 0. The van der Waals surface area contributed by atoms with Gasteiger partial charge in [0.15, 0.2) is 0 Å². The molecule has 0 saturated carbocycles. The van der Waals surface area contributed by atoms with Crippen LogP contribution in [0.2, 0.25) is 0 Å². The van der Waals surface area contributed by atoms with E-state index in [2.05, 4.69) is 0 Å². The Morgan fingerprint density at radius 3 is 2.55 bits per heavy atom. The van der Waals surface area contributed by atoms with E-state index in [-0.39, 0.29) is 11.9 Å². The summed E-state index contributed by atoms with van der Waals surface area (Å²) < 4.78 is 11.1. The van der Waals surface area contributed by atoms with Gasteiger partial charge in [-0.1, -0.05) is 38.1 Å². The molecule has 108 valence electrons. The molecule has 0 spiro atoms. The molecule has 1 unspecified atom stereocenters. The summed E-state index contributed by atoms with van der Waals surface area (Å²) >= 11 is 0. The summed E-state index contributed by atoms with van der Waals surface area (Å²) in [6.07, 6.45) is 5.21. The second-order valence-electron chi connectivity index (χ2n) is 5.70. The Labute approximate surface area is 120 Å². The van der Waals surface area contributed by atoms with Crippen LogP contribution in [0.25, 0.3) is 0 Å². The van der Waals surface area contributed by atoms with Crippen molar-refractivity contribution in [1.29, 1.82) is 0 Å². The van der Waals surface area contributed by atoms with Crippen LogP contribution in [0.15, 0.2) is 36.4 Å². The molecule has 0 fully saturated rings. The minimum atomic E-state index is -0.435. The Balaban J connectivity index is 2.00. The van der Waals surface area contributed by atoms with Gasteiger partial charge in [-0.15, -0.1) is 0 Å². The van der Waals surface area contributed by atoms with Crippen LogP contribution in [0.5, 0.6) is 5.75 Å². The lowest BCUT2D eigenvalue weighted by atomic mass is 9.81. The predicted molar refractivity (Wildman–Crippen MR) is 78.7 cm³/mol. The van der Waals surface area contributed by atoms with Crippen molar-refractivity contribution in [2.45, 2.75) is 39.4 Å². The van der Waals surface area contributed by atoms with Crippen molar-refractivity contribution in [3.8, 4) is 5.75 Å². The third-order valence-corrected chi connectivity index (χ3v) is 3.95. The highest BCUT2D eigenvalue weighted by molar-refractivity contribution is 5.86. The fourth-order valence-corrected chi connectivity index (χ4v) is 2.34. The monoisotopic (exact) mass is 274 g/mol. The van der Waals surface area contributed by atoms with Crippen molar-refractivity contribution >= 4 is 5.78 Å². The van der Waals surface area contributed by atoms with Gasteiger partial charge in [0.05, 0.1) is 25.2 Å². The molecule has 0 amide bonds. The number of ether oxygens (including phenoxy) is 2. The molecule has 2 rings (SSSR count). The summed E-state index contributed by atoms with van der Waals surface area (Å²) in [4.78, 5) is 12.1. The molecule has 1 aliphatic carbocycles. The molecule has 3 heteroatoms. The van der Waals surface area contributed by atoms with Crippen LogP contribution in [0, 0.1) is 5.41 Å².